The monoisotopic (exact) mass is 264 g/mol. The van der Waals surface area contributed by atoms with Gasteiger partial charge in [0.2, 0.25) is 0 Å². The van der Waals surface area contributed by atoms with Gasteiger partial charge in [0, 0.05) is 24.3 Å². The zero-order chi connectivity index (χ0) is 14.2. The fraction of sp³-hybridized carbons (Fsp3) is 0.222. The summed E-state index contributed by atoms with van der Waals surface area (Å²) in [6, 6.07) is 20.6. The SMILES string of the molecule is C[C@H](/C=N/N=C/[C@@H](C)c1ccccc1)c1ccccc1. The van der Waals surface area contributed by atoms with Crippen LogP contribution in [0, 0.1) is 0 Å². The summed E-state index contributed by atoms with van der Waals surface area (Å²) in [4.78, 5) is 0. The molecular weight excluding hydrogens is 244 g/mol. The van der Waals surface area contributed by atoms with E-state index in [4.69, 9.17) is 0 Å². The molecule has 2 rings (SSSR count). The van der Waals surface area contributed by atoms with Crippen molar-refractivity contribution in [2.45, 2.75) is 25.7 Å². The molecule has 0 radical (unpaired) electrons. The molecule has 0 aliphatic rings. The third-order valence-electron chi connectivity index (χ3n) is 3.30. The highest BCUT2D eigenvalue weighted by Gasteiger charge is 2.01. The second-order valence-corrected chi connectivity index (χ2v) is 4.93. The summed E-state index contributed by atoms with van der Waals surface area (Å²) in [6.07, 6.45) is 3.76. The van der Waals surface area contributed by atoms with Gasteiger partial charge < -0.3 is 0 Å². The molecule has 0 bridgehead atoms. The van der Waals surface area contributed by atoms with Gasteiger partial charge in [-0.15, -0.1) is 0 Å². The third-order valence-corrected chi connectivity index (χ3v) is 3.30. The molecule has 0 fully saturated rings. The van der Waals surface area contributed by atoms with Gasteiger partial charge in [-0.1, -0.05) is 74.5 Å². The lowest BCUT2D eigenvalue weighted by Gasteiger charge is -2.05. The predicted octanol–water partition coefficient (Wildman–Crippen LogP) is 4.65. The van der Waals surface area contributed by atoms with Crippen molar-refractivity contribution < 1.29 is 0 Å². The maximum absolute atomic E-state index is 4.16. The van der Waals surface area contributed by atoms with Crippen molar-refractivity contribution in [2.75, 3.05) is 0 Å². The molecule has 0 aliphatic carbocycles. The molecule has 2 aromatic carbocycles. The Balaban J connectivity index is 1.91. The van der Waals surface area contributed by atoms with Crippen molar-refractivity contribution in [3.63, 3.8) is 0 Å². The molecule has 0 unspecified atom stereocenters. The molecule has 0 amide bonds. The molecule has 102 valence electrons. The molecule has 2 atom stereocenters. The first-order valence-electron chi connectivity index (χ1n) is 6.94. The summed E-state index contributed by atoms with van der Waals surface area (Å²) < 4.78 is 0. The minimum atomic E-state index is 0.278. The highest BCUT2D eigenvalue weighted by molar-refractivity contribution is 5.70. The van der Waals surface area contributed by atoms with Crippen LogP contribution < -0.4 is 0 Å². The lowest BCUT2D eigenvalue weighted by atomic mass is 10.0. The van der Waals surface area contributed by atoms with E-state index in [0.29, 0.717) is 0 Å². The molecule has 0 saturated heterocycles. The van der Waals surface area contributed by atoms with E-state index in [2.05, 4.69) is 48.3 Å². The highest BCUT2D eigenvalue weighted by atomic mass is 15.2. The van der Waals surface area contributed by atoms with Crippen LogP contribution in [0.5, 0.6) is 0 Å². The molecule has 20 heavy (non-hydrogen) atoms. The van der Waals surface area contributed by atoms with E-state index in [1.165, 1.54) is 11.1 Å². The Kier molecular flexibility index (Phi) is 5.24. The van der Waals surface area contributed by atoms with Gasteiger partial charge in [-0.2, -0.15) is 10.2 Å². The quantitative estimate of drug-likeness (QED) is 0.554. The van der Waals surface area contributed by atoms with Crippen LogP contribution in [0.3, 0.4) is 0 Å². The number of hydrogen-bond acceptors (Lipinski definition) is 2. The van der Waals surface area contributed by atoms with Gasteiger partial charge >= 0.3 is 0 Å². The van der Waals surface area contributed by atoms with E-state index >= 15 is 0 Å². The molecule has 0 heterocycles. The van der Waals surface area contributed by atoms with Crippen molar-refractivity contribution in [1.29, 1.82) is 0 Å². The van der Waals surface area contributed by atoms with Crippen LogP contribution in [0.4, 0.5) is 0 Å². The van der Waals surface area contributed by atoms with Crippen LogP contribution in [0.15, 0.2) is 70.9 Å². The Morgan fingerprint density at radius 3 is 1.35 bits per heavy atom. The van der Waals surface area contributed by atoms with Gasteiger partial charge in [0.1, 0.15) is 0 Å². The number of rotatable bonds is 5. The second-order valence-electron chi connectivity index (χ2n) is 4.93. The van der Waals surface area contributed by atoms with Crippen molar-refractivity contribution in [1.82, 2.24) is 0 Å². The van der Waals surface area contributed by atoms with E-state index in [9.17, 15) is 0 Å². The lowest BCUT2D eigenvalue weighted by Crippen LogP contribution is -1.95. The van der Waals surface area contributed by atoms with Crippen LogP contribution in [-0.4, -0.2) is 12.4 Å². The smallest absolute Gasteiger partial charge is 0.0342 e. The summed E-state index contributed by atoms with van der Waals surface area (Å²) >= 11 is 0. The fourth-order valence-electron chi connectivity index (χ4n) is 1.96. The maximum atomic E-state index is 4.16. The molecule has 0 aromatic heterocycles. The van der Waals surface area contributed by atoms with Crippen molar-refractivity contribution in [3.05, 3.63) is 71.8 Å². The van der Waals surface area contributed by atoms with Crippen LogP contribution in [0.1, 0.15) is 36.8 Å². The second kappa shape index (κ2) is 7.39. The summed E-state index contributed by atoms with van der Waals surface area (Å²) in [6.45, 7) is 4.24. The van der Waals surface area contributed by atoms with Crippen LogP contribution in [0.25, 0.3) is 0 Å². The van der Waals surface area contributed by atoms with Crippen LogP contribution in [0.2, 0.25) is 0 Å². The normalized spacial score (nSPS) is 14.7. The zero-order valence-corrected chi connectivity index (χ0v) is 12.0. The van der Waals surface area contributed by atoms with Crippen molar-refractivity contribution in [3.8, 4) is 0 Å². The van der Waals surface area contributed by atoms with E-state index in [-0.39, 0.29) is 11.8 Å². The molecule has 2 heteroatoms. The van der Waals surface area contributed by atoms with Crippen LogP contribution >= 0.6 is 0 Å². The summed E-state index contributed by atoms with van der Waals surface area (Å²) in [7, 11) is 0. The summed E-state index contributed by atoms with van der Waals surface area (Å²) in [5.41, 5.74) is 2.50. The van der Waals surface area contributed by atoms with Crippen LogP contribution in [-0.2, 0) is 0 Å². The first kappa shape index (κ1) is 14.2. The Morgan fingerprint density at radius 2 is 1.00 bits per heavy atom. The first-order valence-corrected chi connectivity index (χ1v) is 6.94. The average molecular weight is 264 g/mol. The van der Waals surface area contributed by atoms with Gasteiger partial charge in [0.25, 0.3) is 0 Å². The van der Waals surface area contributed by atoms with Crippen molar-refractivity contribution >= 4 is 12.4 Å². The Hall–Kier alpha value is -2.22. The highest BCUT2D eigenvalue weighted by Crippen LogP contribution is 2.13. The fourth-order valence-corrected chi connectivity index (χ4v) is 1.96. The number of benzene rings is 2. The molecule has 0 N–H and O–H groups in total. The van der Waals surface area contributed by atoms with Gasteiger partial charge in [0.15, 0.2) is 0 Å². The van der Waals surface area contributed by atoms with Gasteiger partial charge in [-0.3, -0.25) is 0 Å². The molecule has 0 aliphatic heterocycles. The Labute approximate surface area is 120 Å². The Morgan fingerprint density at radius 1 is 0.650 bits per heavy atom. The first-order chi connectivity index (χ1) is 9.77. The van der Waals surface area contributed by atoms with Crippen molar-refractivity contribution in [2.24, 2.45) is 10.2 Å². The molecule has 0 spiro atoms. The molecule has 2 aromatic rings. The summed E-state index contributed by atoms with van der Waals surface area (Å²) in [5, 5.41) is 8.32. The molecule has 2 nitrogen and oxygen atoms in total. The topological polar surface area (TPSA) is 24.7 Å². The van der Waals surface area contributed by atoms with E-state index in [1.807, 2.05) is 48.8 Å². The predicted molar refractivity (Wildman–Crippen MR) is 86.7 cm³/mol. The zero-order valence-electron chi connectivity index (χ0n) is 12.0. The summed E-state index contributed by atoms with van der Waals surface area (Å²) in [5.74, 6) is 0.556. The largest absolute Gasteiger partial charge is 0.163 e. The number of nitrogens with zero attached hydrogens (tertiary/aromatic N) is 2. The third kappa shape index (κ3) is 4.16. The number of hydrogen-bond donors (Lipinski definition) is 0. The van der Waals surface area contributed by atoms with E-state index in [0.717, 1.165) is 0 Å². The standard InChI is InChI=1S/C18H20N2/c1-15(17-9-5-3-6-10-17)13-19-20-14-16(2)18-11-7-4-8-12-18/h3-16H,1-2H3/b19-13+,20-14+/t15-,16-/m1/s1. The Bertz CT molecular complexity index is 505. The van der Waals surface area contributed by atoms with E-state index in [1.54, 1.807) is 0 Å². The lowest BCUT2D eigenvalue weighted by molar-refractivity contribution is 1.01. The van der Waals surface area contributed by atoms with Gasteiger partial charge in [0.05, 0.1) is 0 Å². The van der Waals surface area contributed by atoms with Gasteiger partial charge in [-0.05, 0) is 11.1 Å². The van der Waals surface area contributed by atoms with E-state index < -0.39 is 0 Å². The minimum Gasteiger partial charge on any atom is -0.163 e. The van der Waals surface area contributed by atoms with Gasteiger partial charge in [-0.25, -0.2) is 0 Å². The minimum absolute atomic E-state index is 0.278. The molecule has 0 saturated carbocycles. The molecular formula is C18H20N2. The average Bonchev–Trinajstić information content (AvgIpc) is 2.53. The maximum Gasteiger partial charge on any atom is 0.0342 e.